The number of nitrogens with one attached hydrogen (secondary N) is 1. The van der Waals surface area contributed by atoms with Gasteiger partial charge in [0.05, 0.1) is 17.3 Å². The van der Waals surface area contributed by atoms with Crippen LogP contribution in [-0.4, -0.2) is 10.5 Å². The van der Waals surface area contributed by atoms with Crippen LogP contribution in [0.2, 0.25) is 0 Å². The predicted octanol–water partition coefficient (Wildman–Crippen LogP) is 4.60. The first kappa shape index (κ1) is 17.0. The summed E-state index contributed by atoms with van der Waals surface area (Å²) in [6.07, 6.45) is 1.74. The van der Waals surface area contributed by atoms with Crippen molar-refractivity contribution in [1.82, 2.24) is 9.88 Å². The molecule has 0 saturated heterocycles. The molecule has 1 heterocycles. The molecule has 0 spiro atoms. The molecule has 0 bridgehead atoms. The fourth-order valence-corrected chi connectivity index (χ4v) is 3.17. The summed E-state index contributed by atoms with van der Waals surface area (Å²) in [6.45, 7) is 1.92. The van der Waals surface area contributed by atoms with Crippen molar-refractivity contribution in [2.75, 3.05) is 0 Å². The summed E-state index contributed by atoms with van der Waals surface area (Å²) < 4.78 is 2.58. The molecule has 5 heteroatoms. The van der Waals surface area contributed by atoms with Crippen LogP contribution >= 0.6 is 15.9 Å². The van der Waals surface area contributed by atoms with E-state index in [4.69, 9.17) is 0 Å². The zero-order valence-electron chi connectivity index (χ0n) is 13.6. The minimum Gasteiger partial charge on any atom is -0.344 e. The van der Waals surface area contributed by atoms with Gasteiger partial charge in [-0.25, -0.2) is 0 Å². The lowest BCUT2D eigenvalue weighted by Gasteiger charge is -2.16. The van der Waals surface area contributed by atoms with Crippen molar-refractivity contribution >= 4 is 21.8 Å². The minimum atomic E-state index is -0.284. The second-order valence-electron chi connectivity index (χ2n) is 5.62. The Morgan fingerprint density at radius 1 is 1.12 bits per heavy atom. The van der Waals surface area contributed by atoms with E-state index in [0.29, 0.717) is 11.3 Å². The van der Waals surface area contributed by atoms with Crippen LogP contribution in [0.1, 0.15) is 34.6 Å². The highest BCUT2D eigenvalue weighted by molar-refractivity contribution is 9.10. The Labute approximate surface area is 154 Å². The van der Waals surface area contributed by atoms with Crippen LogP contribution in [0.25, 0.3) is 5.69 Å². The number of halogens is 1. The number of carbonyl (C=O) groups is 1. The third-order valence-electron chi connectivity index (χ3n) is 3.98. The Hall–Kier alpha value is -2.84. The van der Waals surface area contributed by atoms with Crippen molar-refractivity contribution in [2.45, 2.75) is 13.0 Å². The molecule has 0 fully saturated rings. The van der Waals surface area contributed by atoms with Crippen molar-refractivity contribution in [1.29, 1.82) is 5.26 Å². The van der Waals surface area contributed by atoms with Crippen molar-refractivity contribution < 1.29 is 4.79 Å². The first-order valence-corrected chi connectivity index (χ1v) is 8.63. The normalized spacial score (nSPS) is 11.6. The number of hydrogen-bond donors (Lipinski definition) is 1. The van der Waals surface area contributed by atoms with Crippen LogP contribution in [-0.2, 0) is 0 Å². The number of rotatable bonds is 4. The standard InChI is InChI=1S/C20H16BrN3O/c1-14(15-7-3-2-4-8-15)23-20(25)19-16(13-22)11-12-24(19)18-10-6-5-9-17(18)21/h2-12,14H,1H3,(H,23,25). The zero-order chi connectivity index (χ0) is 17.8. The van der Waals surface area contributed by atoms with Gasteiger partial charge < -0.3 is 9.88 Å². The monoisotopic (exact) mass is 393 g/mol. The molecule has 0 saturated carbocycles. The molecule has 0 aliphatic heterocycles. The molecule has 3 rings (SSSR count). The third-order valence-corrected chi connectivity index (χ3v) is 4.65. The van der Waals surface area contributed by atoms with Crippen molar-refractivity contribution in [3.8, 4) is 11.8 Å². The lowest BCUT2D eigenvalue weighted by atomic mass is 10.1. The fraction of sp³-hybridized carbons (Fsp3) is 0.100. The summed E-state index contributed by atoms with van der Waals surface area (Å²) >= 11 is 3.50. The van der Waals surface area contributed by atoms with Crippen LogP contribution in [0.15, 0.2) is 71.3 Å². The van der Waals surface area contributed by atoms with Crippen LogP contribution in [0, 0.1) is 11.3 Å². The quantitative estimate of drug-likeness (QED) is 0.703. The molecular formula is C20H16BrN3O. The molecule has 0 radical (unpaired) electrons. The van der Waals surface area contributed by atoms with Crippen LogP contribution < -0.4 is 5.32 Å². The van der Waals surface area contributed by atoms with Crippen molar-refractivity contribution in [3.63, 3.8) is 0 Å². The topological polar surface area (TPSA) is 57.8 Å². The second kappa shape index (κ2) is 7.37. The summed E-state index contributed by atoms with van der Waals surface area (Å²) in [7, 11) is 0. The highest BCUT2D eigenvalue weighted by atomic mass is 79.9. The number of carbonyl (C=O) groups excluding carboxylic acids is 1. The molecule has 1 N–H and O–H groups in total. The van der Waals surface area contributed by atoms with Gasteiger partial charge in [0.1, 0.15) is 11.8 Å². The van der Waals surface area contributed by atoms with E-state index < -0.39 is 0 Å². The number of benzene rings is 2. The van der Waals surface area contributed by atoms with Crippen LogP contribution in [0.3, 0.4) is 0 Å². The molecule has 124 valence electrons. The average Bonchev–Trinajstić information content (AvgIpc) is 3.06. The molecule has 4 nitrogen and oxygen atoms in total. The molecule has 3 aromatic rings. The minimum absolute atomic E-state index is 0.164. The largest absolute Gasteiger partial charge is 0.344 e. The molecule has 0 aliphatic carbocycles. The Balaban J connectivity index is 1.96. The molecular weight excluding hydrogens is 378 g/mol. The maximum Gasteiger partial charge on any atom is 0.270 e. The maximum atomic E-state index is 12.9. The van der Waals surface area contributed by atoms with E-state index in [2.05, 4.69) is 27.3 Å². The van der Waals surface area contributed by atoms with Gasteiger partial charge in [-0.15, -0.1) is 0 Å². The van der Waals surface area contributed by atoms with E-state index in [1.165, 1.54) is 0 Å². The lowest BCUT2D eigenvalue weighted by Crippen LogP contribution is -2.29. The fourth-order valence-electron chi connectivity index (χ4n) is 2.69. The predicted molar refractivity (Wildman–Crippen MR) is 101 cm³/mol. The summed E-state index contributed by atoms with van der Waals surface area (Å²) in [4.78, 5) is 12.9. The van der Waals surface area contributed by atoms with E-state index in [9.17, 15) is 10.1 Å². The first-order chi connectivity index (χ1) is 12.1. The SMILES string of the molecule is CC(NC(=O)c1c(C#N)ccn1-c1ccccc1Br)c1ccccc1. The number of nitriles is 1. The van der Waals surface area contributed by atoms with E-state index in [1.807, 2.05) is 61.5 Å². The highest BCUT2D eigenvalue weighted by Gasteiger charge is 2.21. The number of amides is 1. The summed E-state index contributed by atoms with van der Waals surface area (Å²) in [5.41, 5.74) is 2.49. The van der Waals surface area contributed by atoms with Crippen LogP contribution in [0.5, 0.6) is 0 Å². The van der Waals surface area contributed by atoms with Gasteiger partial charge in [-0.05, 0) is 46.6 Å². The van der Waals surface area contributed by atoms with Gasteiger partial charge in [-0.1, -0.05) is 42.5 Å². The van der Waals surface area contributed by atoms with Gasteiger partial charge in [0, 0.05) is 10.7 Å². The summed E-state index contributed by atoms with van der Waals surface area (Å²) in [6, 6.07) is 20.9. The molecule has 2 aromatic carbocycles. The van der Waals surface area contributed by atoms with Crippen molar-refractivity contribution in [3.05, 3.63) is 88.2 Å². The van der Waals surface area contributed by atoms with Gasteiger partial charge in [-0.2, -0.15) is 5.26 Å². The third kappa shape index (κ3) is 3.49. The number of hydrogen-bond acceptors (Lipinski definition) is 2. The molecule has 25 heavy (non-hydrogen) atoms. The number of para-hydroxylation sites is 1. The van der Waals surface area contributed by atoms with Gasteiger partial charge in [-0.3, -0.25) is 4.79 Å². The van der Waals surface area contributed by atoms with E-state index in [0.717, 1.165) is 15.7 Å². The molecule has 1 amide bonds. The first-order valence-electron chi connectivity index (χ1n) is 7.84. The van der Waals surface area contributed by atoms with E-state index in [-0.39, 0.29) is 11.9 Å². The van der Waals surface area contributed by atoms with Gasteiger partial charge in [0.15, 0.2) is 0 Å². The van der Waals surface area contributed by atoms with Crippen LogP contribution in [0.4, 0.5) is 0 Å². The van der Waals surface area contributed by atoms with E-state index >= 15 is 0 Å². The number of nitrogens with zero attached hydrogens (tertiary/aromatic N) is 2. The molecule has 1 aromatic heterocycles. The zero-order valence-corrected chi connectivity index (χ0v) is 15.2. The van der Waals surface area contributed by atoms with E-state index in [1.54, 1.807) is 16.8 Å². The van der Waals surface area contributed by atoms with Crippen molar-refractivity contribution in [2.24, 2.45) is 0 Å². The second-order valence-corrected chi connectivity index (χ2v) is 6.47. The Morgan fingerprint density at radius 2 is 1.80 bits per heavy atom. The van der Waals surface area contributed by atoms with Gasteiger partial charge >= 0.3 is 0 Å². The molecule has 0 aliphatic rings. The molecule has 1 unspecified atom stereocenters. The average molecular weight is 394 g/mol. The number of aromatic nitrogens is 1. The Bertz CT molecular complexity index is 941. The van der Waals surface area contributed by atoms with Gasteiger partial charge in [0.2, 0.25) is 0 Å². The summed E-state index contributed by atoms with van der Waals surface area (Å²) in [5, 5.41) is 12.4. The molecule has 1 atom stereocenters. The highest BCUT2D eigenvalue weighted by Crippen LogP contribution is 2.25. The maximum absolute atomic E-state index is 12.9. The summed E-state index contributed by atoms with van der Waals surface area (Å²) in [5.74, 6) is -0.284. The smallest absolute Gasteiger partial charge is 0.270 e. The Kier molecular flexibility index (Phi) is 5.01. The Morgan fingerprint density at radius 3 is 2.48 bits per heavy atom. The lowest BCUT2D eigenvalue weighted by molar-refractivity contribution is 0.0933. The van der Waals surface area contributed by atoms with Gasteiger partial charge in [0.25, 0.3) is 5.91 Å².